The van der Waals surface area contributed by atoms with E-state index < -0.39 is 10.8 Å². The van der Waals surface area contributed by atoms with E-state index in [-0.39, 0.29) is 16.3 Å². The fraction of sp³-hybridized carbons (Fsp3) is 0.143. The highest BCUT2D eigenvalue weighted by atomic mass is 35.5. The van der Waals surface area contributed by atoms with Crippen molar-refractivity contribution in [2.75, 3.05) is 0 Å². The second kappa shape index (κ2) is 6.32. The van der Waals surface area contributed by atoms with E-state index >= 15 is 0 Å². The molecule has 21 heavy (non-hydrogen) atoms. The van der Waals surface area contributed by atoms with Gasteiger partial charge in [-0.15, -0.1) is 0 Å². The molecule has 0 bridgehead atoms. The summed E-state index contributed by atoms with van der Waals surface area (Å²) < 4.78 is 0. The van der Waals surface area contributed by atoms with E-state index in [0.29, 0.717) is 6.54 Å². The summed E-state index contributed by atoms with van der Waals surface area (Å²) in [5.74, 6) is -0.397. The number of nitrogens with one attached hydrogen (secondary N) is 1. The van der Waals surface area contributed by atoms with Crippen LogP contribution in [0, 0.1) is 17.0 Å². The molecule has 0 fully saturated rings. The van der Waals surface area contributed by atoms with Gasteiger partial charge < -0.3 is 5.32 Å². The Kier molecular flexibility index (Phi) is 4.49. The predicted molar refractivity (Wildman–Crippen MR) is 78.3 cm³/mol. The van der Waals surface area contributed by atoms with Crippen molar-refractivity contribution in [3.63, 3.8) is 0 Å². The quantitative estimate of drug-likeness (QED) is 0.695. The third kappa shape index (κ3) is 3.55. The Hall–Kier alpha value is -2.47. The molecular formula is C14H12ClN3O3. The second-order valence-electron chi connectivity index (χ2n) is 4.41. The first-order valence-corrected chi connectivity index (χ1v) is 6.48. The van der Waals surface area contributed by atoms with Gasteiger partial charge in [-0.05, 0) is 36.2 Å². The van der Waals surface area contributed by atoms with E-state index in [4.69, 9.17) is 11.6 Å². The van der Waals surface area contributed by atoms with Gasteiger partial charge in [0.1, 0.15) is 5.02 Å². The molecule has 1 heterocycles. The van der Waals surface area contributed by atoms with Crippen molar-refractivity contribution >= 4 is 23.2 Å². The summed E-state index contributed by atoms with van der Waals surface area (Å²) in [6.07, 6.45) is 3.34. The van der Waals surface area contributed by atoms with Crippen LogP contribution < -0.4 is 5.32 Å². The monoisotopic (exact) mass is 305 g/mol. The maximum Gasteiger partial charge on any atom is 0.288 e. The molecule has 7 heteroatoms. The highest BCUT2D eigenvalue weighted by Crippen LogP contribution is 2.25. The van der Waals surface area contributed by atoms with Crippen LogP contribution >= 0.6 is 11.6 Å². The third-order valence-electron chi connectivity index (χ3n) is 2.98. The van der Waals surface area contributed by atoms with E-state index in [1.165, 1.54) is 12.1 Å². The number of benzene rings is 1. The number of carbonyl (C=O) groups is 1. The lowest BCUT2D eigenvalue weighted by molar-refractivity contribution is -0.384. The largest absolute Gasteiger partial charge is 0.348 e. The molecule has 1 N–H and O–H groups in total. The Bertz CT molecular complexity index is 704. The van der Waals surface area contributed by atoms with Crippen molar-refractivity contribution in [2.24, 2.45) is 0 Å². The maximum atomic E-state index is 12.0. The average Bonchev–Trinajstić information content (AvgIpc) is 2.46. The van der Waals surface area contributed by atoms with Crippen LogP contribution in [-0.2, 0) is 6.54 Å². The smallest absolute Gasteiger partial charge is 0.288 e. The van der Waals surface area contributed by atoms with Crippen LogP contribution in [-0.4, -0.2) is 15.8 Å². The van der Waals surface area contributed by atoms with Crippen LogP contribution in [0.3, 0.4) is 0 Å². The highest BCUT2D eigenvalue weighted by Gasteiger charge is 2.16. The van der Waals surface area contributed by atoms with E-state index in [0.717, 1.165) is 17.2 Å². The molecule has 108 valence electrons. The summed E-state index contributed by atoms with van der Waals surface area (Å²) in [6, 6.07) is 5.76. The zero-order valence-corrected chi connectivity index (χ0v) is 11.9. The van der Waals surface area contributed by atoms with Gasteiger partial charge in [-0.25, -0.2) is 0 Å². The number of nitro benzene ring substituents is 1. The zero-order chi connectivity index (χ0) is 15.4. The molecule has 0 aliphatic heterocycles. The van der Waals surface area contributed by atoms with Gasteiger partial charge in [0.2, 0.25) is 0 Å². The molecule has 0 atom stereocenters. The summed E-state index contributed by atoms with van der Waals surface area (Å²) in [5, 5.41) is 13.5. The Morgan fingerprint density at radius 1 is 1.43 bits per heavy atom. The molecule has 0 radical (unpaired) electrons. The molecule has 2 rings (SSSR count). The molecule has 6 nitrogen and oxygen atoms in total. The van der Waals surface area contributed by atoms with Crippen LogP contribution in [0.2, 0.25) is 5.02 Å². The first kappa shape index (κ1) is 14.9. The summed E-state index contributed by atoms with van der Waals surface area (Å²) in [6.45, 7) is 2.21. The SMILES string of the molecule is Cc1cnccc1CNC(=O)c1ccc(Cl)c([N+](=O)[O-])c1. The lowest BCUT2D eigenvalue weighted by Gasteiger charge is -2.07. The lowest BCUT2D eigenvalue weighted by Crippen LogP contribution is -2.23. The Morgan fingerprint density at radius 3 is 2.86 bits per heavy atom. The number of aryl methyl sites for hydroxylation is 1. The van der Waals surface area contributed by atoms with Crippen LogP contribution in [0.4, 0.5) is 5.69 Å². The van der Waals surface area contributed by atoms with Gasteiger partial charge >= 0.3 is 0 Å². The molecule has 2 aromatic rings. The third-order valence-corrected chi connectivity index (χ3v) is 3.30. The molecule has 1 amide bonds. The van der Waals surface area contributed by atoms with Crippen LogP contribution in [0.5, 0.6) is 0 Å². The van der Waals surface area contributed by atoms with Gasteiger partial charge in [0.15, 0.2) is 0 Å². The first-order chi connectivity index (χ1) is 9.99. The van der Waals surface area contributed by atoms with Crippen LogP contribution in [0.25, 0.3) is 0 Å². The molecule has 1 aromatic carbocycles. The average molecular weight is 306 g/mol. The van der Waals surface area contributed by atoms with Gasteiger partial charge in [-0.1, -0.05) is 11.6 Å². The number of halogens is 1. The van der Waals surface area contributed by atoms with Crippen molar-refractivity contribution in [1.82, 2.24) is 10.3 Å². The van der Waals surface area contributed by atoms with Gasteiger partial charge in [-0.3, -0.25) is 19.9 Å². The number of rotatable bonds is 4. The minimum atomic E-state index is -0.619. The molecule has 0 saturated heterocycles. The molecule has 0 aliphatic rings. The Morgan fingerprint density at radius 2 is 2.19 bits per heavy atom. The Balaban J connectivity index is 2.12. The first-order valence-electron chi connectivity index (χ1n) is 6.10. The molecule has 0 aliphatic carbocycles. The minimum absolute atomic E-state index is 0.00141. The molecule has 0 saturated carbocycles. The van der Waals surface area contributed by atoms with E-state index in [1.807, 2.05) is 6.92 Å². The number of amides is 1. The van der Waals surface area contributed by atoms with Crippen molar-refractivity contribution in [1.29, 1.82) is 0 Å². The van der Waals surface area contributed by atoms with Crippen molar-refractivity contribution in [3.05, 3.63) is 68.5 Å². The number of nitrogens with zero attached hydrogens (tertiary/aromatic N) is 2. The number of aromatic nitrogens is 1. The van der Waals surface area contributed by atoms with Crippen molar-refractivity contribution < 1.29 is 9.72 Å². The van der Waals surface area contributed by atoms with Crippen LogP contribution in [0.1, 0.15) is 21.5 Å². The topological polar surface area (TPSA) is 85.1 Å². The van der Waals surface area contributed by atoms with E-state index in [9.17, 15) is 14.9 Å². The minimum Gasteiger partial charge on any atom is -0.348 e. The standard InChI is InChI=1S/C14H12ClN3O3/c1-9-7-16-5-4-11(9)8-17-14(19)10-2-3-12(15)13(6-10)18(20)21/h2-7H,8H2,1H3,(H,17,19). The lowest BCUT2D eigenvalue weighted by atomic mass is 10.1. The normalized spacial score (nSPS) is 10.2. The molecule has 1 aromatic heterocycles. The van der Waals surface area contributed by atoms with E-state index in [2.05, 4.69) is 10.3 Å². The Labute approximate surface area is 125 Å². The number of carbonyl (C=O) groups excluding carboxylic acids is 1. The molecular weight excluding hydrogens is 294 g/mol. The number of nitro groups is 1. The second-order valence-corrected chi connectivity index (χ2v) is 4.82. The summed E-state index contributed by atoms with van der Waals surface area (Å²) in [4.78, 5) is 26.2. The van der Waals surface area contributed by atoms with E-state index in [1.54, 1.807) is 18.5 Å². The predicted octanol–water partition coefficient (Wildman–Crippen LogP) is 2.88. The number of hydrogen-bond acceptors (Lipinski definition) is 4. The molecule has 0 spiro atoms. The fourth-order valence-corrected chi connectivity index (χ4v) is 1.96. The van der Waals surface area contributed by atoms with Crippen molar-refractivity contribution in [3.8, 4) is 0 Å². The number of pyridine rings is 1. The fourth-order valence-electron chi connectivity index (χ4n) is 1.77. The zero-order valence-electron chi connectivity index (χ0n) is 11.2. The summed E-state index contributed by atoms with van der Waals surface area (Å²) in [5.41, 5.74) is 1.80. The maximum absolute atomic E-state index is 12.0. The van der Waals surface area contributed by atoms with Gasteiger partial charge in [0, 0.05) is 30.6 Å². The molecule has 0 unspecified atom stereocenters. The van der Waals surface area contributed by atoms with Crippen molar-refractivity contribution in [2.45, 2.75) is 13.5 Å². The van der Waals surface area contributed by atoms with Gasteiger partial charge in [-0.2, -0.15) is 0 Å². The van der Waals surface area contributed by atoms with Gasteiger partial charge in [0.25, 0.3) is 11.6 Å². The van der Waals surface area contributed by atoms with Crippen LogP contribution in [0.15, 0.2) is 36.7 Å². The highest BCUT2D eigenvalue weighted by molar-refractivity contribution is 6.32. The number of hydrogen-bond donors (Lipinski definition) is 1. The van der Waals surface area contributed by atoms with Gasteiger partial charge in [0.05, 0.1) is 4.92 Å². The summed E-state index contributed by atoms with van der Waals surface area (Å²) in [7, 11) is 0. The summed E-state index contributed by atoms with van der Waals surface area (Å²) >= 11 is 5.71.